The molecule has 1 unspecified atom stereocenters. The molecule has 6 rings (SSSR count). The number of nitrogens with zero attached hydrogens (tertiary/aromatic N) is 1. The van der Waals surface area contributed by atoms with Gasteiger partial charge in [0.25, 0.3) is 5.91 Å². The molecule has 1 aliphatic heterocycles. The van der Waals surface area contributed by atoms with E-state index in [-0.39, 0.29) is 56.0 Å². The number of carbonyl (C=O) groups is 4. The monoisotopic (exact) mass is 737 g/mol. The lowest BCUT2D eigenvalue weighted by molar-refractivity contribution is -0.148. The fourth-order valence-corrected chi connectivity index (χ4v) is 7.63. The molecular formula is C42H47N3O7S. The Bertz CT molecular complexity index is 1900. The van der Waals surface area contributed by atoms with Gasteiger partial charge in [-0.25, -0.2) is 4.79 Å². The van der Waals surface area contributed by atoms with Crippen molar-refractivity contribution >= 4 is 37.2 Å². The Morgan fingerprint density at radius 3 is 2.23 bits per heavy atom. The summed E-state index contributed by atoms with van der Waals surface area (Å²) in [5.74, 6) is -0.942. The third kappa shape index (κ3) is 8.36. The van der Waals surface area contributed by atoms with E-state index in [1.54, 1.807) is 49.4 Å². The summed E-state index contributed by atoms with van der Waals surface area (Å²) in [5, 5.41) is 15.9. The number of phenolic OH excluding ortho intramolecular Hbond substituents is 1. The first kappa shape index (κ1) is 38.9. The first-order valence-electron chi connectivity index (χ1n) is 17.9. The van der Waals surface area contributed by atoms with Crippen molar-refractivity contribution in [3.63, 3.8) is 0 Å². The number of likely N-dealkylation sites (tertiary alicyclic amines) is 1. The van der Waals surface area contributed by atoms with Gasteiger partial charge in [0.1, 0.15) is 17.5 Å². The molecule has 53 heavy (non-hydrogen) atoms. The maximum atomic E-state index is 14.8. The van der Waals surface area contributed by atoms with Gasteiger partial charge < -0.3 is 30.1 Å². The Morgan fingerprint density at radius 2 is 1.53 bits per heavy atom. The maximum Gasteiger partial charge on any atom is 0.328 e. The van der Waals surface area contributed by atoms with Gasteiger partial charge in [0.05, 0.1) is 30.6 Å². The Morgan fingerprint density at radius 1 is 0.868 bits per heavy atom. The molecule has 11 heteroatoms. The first-order valence-corrected chi connectivity index (χ1v) is 17.9. The van der Waals surface area contributed by atoms with Gasteiger partial charge in [0, 0.05) is 25.6 Å². The van der Waals surface area contributed by atoms with E-state index in [0.717, 1.165) is 22.3 Å². The maximum absolute atomic E-state index is 14.8. The lowest BCUT2D eigenvalue weighted by Gasteiger charge is -2.43. The van der Waals surface area contributed by atoms with Crippen molar-refractivity contribution in [3.05, 3.63) is 131 Å². The average molecular weight is 738 g/mol. The summed E-state index contributed by atoms with van der Waals surface area (Å²) in [6.07, 6.45) is 2.18. The van der Waals surface area contributed by atoms with Crippen LogP contribution >= 0.6 is 13.5 Å². The summed E-state index contributed by atoms with van der Waals surface area (Å²) in [6.45, 7) is 2.87. The van der Waals surface area contributed by atoms with E-state index in [2.05, 4.69) is 10.6 Å². The Balaban J connectivity index is 0.00000541. The largest absolute Gasteiger partial charge is 0.508 e. The first-order chi connectivity index (χ1) is 25.2. The Kier molecular flexibility index (Phi) is 12.8. The van der Waals surface area contributed by atoms with Crippen LogP contribution in [0, 0.1) is 0 Å². The van der Waals surface area contributed by atoms with Gasteiger partial charge >= 0.3 is 5.97 Å². The number of phenols is 1. The van der Waals surface area contributed by atoms with Crippen LogP contribution in [0.4, 0.5) is 0 Å². The molecule has 1 aliphatic carbocycles. The number of ether oxygens (including phenoxy) is 2. The molecule has 0 spiro atoms. The summed E-state index contributed by atoms with van der Waals surface area (Å²) < 4.78 is 10.7. The van der Waals surface area contributed by atoms with Crippen LogP contribution in [-0.2, 0) is 31.0 Å². The average Bonchev–Trinajstić information content (AvgIpc) is 3.18. The van der Waals surface area contributed by atoms with Crippen molar-refractivity contribution < 1.29 is 33.8 Å². The van der Waals surface area contributed by atoms with E-state index in [4.69, 9.17) is 9.47 Å². The number of esters is 1. The number of rotatable bonds is 11. The van der Waals surface area contributed by atoms with E-state index in [1.807, 2.05) is 65.6 Å². The fourth-order valence-electron chi connectivity index (χ4n) is 7.63. The summed E-state index contributed by atoms with van der Waals surface area (Å²) in [6, 6.07) is 29.7. The molecule has 4 aromatic carbocycles. The summed E-state index contributed by atoms with van der Waals surface area (Å²) >= 11 is 0. The van der Waals surface area contributed by atoms with Crippen LogP contribution in [-0.4, -0.2) is 72.6 Å². The van der Waals surface area contributed by atoms with Crippen LogP contribution in [0.5, 0.6) is 11.5 Å². The standard InChI is InChI=1S/C42H45N3O7.H2S/c1-3-52-40(49)36(27-28-17-19-31(46)20-18-28)44-41(50)42(29-11-5-4-6-12-29)24-21-33(32-13-7-9-15-35(32)42)39(48)45-25-22-30(23-26-45)43-38(47)34-14-8-10-16-37(34)51-2;/h4-20,30,33,36,46H,3,21-27H2,1-2H3,(H,43,47)(H,44,50);1H2/t33-,36?,42+;/m0./s1. The molecule has 3 atom stereocenters. The predicted molar refractivity (Wildman–Crippen MR) is 206 cm³/mol. The zero-order chi connectivity index (χ0) is 36.7. The van der Waals surface area contributed by atoms with Crippen molar-refractivity contribution in [2.75, 3.05) is 26.8 Å². The van der Waals surface area contributed by atoms with E-state index in [1.165, 1.54) is 7.11 Å². The zero-order valence-corrected chi connectivity index (χ0v) is 31.0. The van der Waals surface area contributed by atoms with Crippen LogP contribution in [0.1, 0.15) is 71.1 Å². The lowest BCUT2D eigenvalue weighted by atomic mass is 9.62. The van der Waals surface area contributed by atoms with Crippen molar-refractivity contribution in [1.82, 2.24) is 15.5 Å². The van der Waals surface area contributed by atoms with Crippen molar-refractivity contribution in [3.8, 4) is 11.5 Å². The second-order valence-electron chi connectivity index (χ2n) is 13.4. The van der Waals surface area contributed by atoms with Gasteiger partial charge in [-0.2, -0.15) is 13.5 Å². The molecule has 0 saturated carbocycles. The third-order valence-electron chi connectivity index (χ3n) is 10.3. The highest BCUT2D eigenvalue weighted by molar-refractivity contribution is 7.59. The van der Waals surface area contributed by atoms with Gasteiger partial charge in [-0.1, -0.05) is 78.9 Å². The summed E-state index contributed by atoms with van der Waals surface area (Å²) in [4.78, 5) is 57.2. The van der Waals surface area contributed by atoms with E-state index < -0.39 is 23.3 Å². The number of benzene rings is 4. The quantitative estimate of drug-likeness (QED) is 0.176. The number of amides is 3. The molecule has 0 aromatic heterocycles. The molecule has 3 N–H and O–H groups in total. The highest BCUT2D eigenvalue weighted by atomic mass is 32.1. The van der Waals surface area contributed by atoms with Gasteiger partial charge in [0.15, 0.2) is 0 Å². The second-order valence-corrected chi connectivity index (χ2v) is 13.4. The number of para-hydroxylation sites is 1. The molecule has 4 aromatic rings. The molecule has 1 heterocycles. The Labute approximate surface area is 317 Å². The highest BCUT2D eigenvalue weighted by Gasteiger charge is 2.49. The molecule has 0 radical (unpaired) electrons. The summed E-state index contributed by atoms with van der Waals surface area (Å²) in [7, 11) is 1.54. The number of hydrogen-bond acceptors (Lipinski definition) is 7. The van der Waals surface area contributed by atoms with Gasteiger partial charge in [-0.05, 0) is 79.1 Å². The zero-order valence-electron chi connectivity index (χ0n) is 30.0. The normalized spacial score (nSPS) is 18.8. The number of fused-ring (bicyclic) bond motifs is 1. The summed E-state index contributed by atoms with van der Waals surface area (Å²) in [5.41, 5.74) is 2.34. The molecule has 1 saturated heterocycles. The van der Waals surface area contributed by atoms with Crippen LogP contribution in [0.2, 0.25) is 0 Å². The molecule has 3 amide bonds. The fraction of sp³-hybridized carbons (Fsp3) is 0.333. The number of hydrogen-bond donors (Lipinski definition) is 3. The van der Waals surface area contributed by atoms with E-state index in [9.17, 15) is 24.3 Å². The minimum absolute atomic E-state index is 0. The number of nitrogens with one attached hydrogen (secondary N) is 2. The Hall–Kier alpha value is -5.29. The SMILES string of the molecule is CCOC(=O)C(Cc1ccc(O)cc1)NC(=O)[C@@]1(c2ccccc2)CC[C@H](C(=O)N2CCC(NC(=O)c3ccccc3OC)CC2)c2ccccc21.S. The molecule has 1 fully saturated rings. The number of carbonyl (C=O) groups excluding carboxylic acids is 4. The van der Waals surface area contributed by atoms with Gasteiger partial charge in [0.2, 0.25) is 11.8 Å². The predicted octanol–water partition coefficient (Wildman–Crippen LogP) is 5.39. The van der Waals surface area contributed by atoms with E-state index in [0.29, 0.717) is 50.1 Å². The molecular weight excluding hydrogens is 691 g/mol. The van der Waals surface area contributed by atoms with Gasteiger partial charge in [-0.15, -0.1) is 0 Å². The third-order valence-corrected chi connectivity index (χ3v) is 10.3. The van der Waals surface area contributed by atoms with Crippen LogP contribution in [0.3, 0.4) is 0 Å². The molecule has 10 nitrogen and oxygen atoms in total. The van der Waals surface area contributed by atoms with Crippen LogP contribution < -0.4 is 15.4 Å². The highest BCUT2D eigenvalue weighted by Crippen LogP contribution is 2.48. The van der Waals surface area contributed by atoms with E-state index >= 15 is 0 Å². The number of aromatic hydroxyl groups is 1. The topological polar surface area (TPSA) is 134 Å². The second kappa shape index (κ2) is 17.5. The van der Waals surface area contributed by atoms with Crippen molar-refractivity contribution in [1.29, 1.82) is 0 Å². The molecule has 2 aliphatic rings. The number of piperidine rings is 1. The van der Waals surface area contributed by atoms with Gasteiger partial charge in [-0.3, -0.25) is 14.4 Å². The molecule has 278 valence electrons. The smallest absolute Gasteiger partial charge is 0.328 e. The lowest BCUT2D eigenvalue weighted by Crippen LogP contribution is -2.54. The van der Waals surface area contributed by atoms with Crippen LogP contribution in [0.25, 0.3) is 0 Å². The molecule has 0 bridgehead atoms. The van der Waals surface area contributed by atoms with Crippen molar-refractivity contribution in [2.24, 2.45) is 0 Å². The van der Waals surface area contributed by atoms with Crippen molar-refractivity contribution in [2.45, 2.75) is 62.4 Å². The van der Waals surface area contributed by atoms with Crippen LogP contribution in [0.15, 0.2) is 103 Å². The minimum atomic E-state index is -1.18. The number of methoxy groups -OCH3 is 1. The minimum Gasteiger partial charge on any atom is -0.508 e.